The third kappa shape index (κ3) is 3.96. The zero-order valence-electron chi connectivity index (χ0n) is 21.6. The molecule has 5 nitrogen and oxygen atoms in total. The number of para-hydroxylation sites is 5. The summed E-state index contributed by atoms with van der Waals surface area (Å²) in [5.41, 5.74) is 8.83. The van der Waals surface area contributed by atoms with E-state index in [0.717, 1.165) is 34.9 Å². The van der Waals surface area contributed by atoms with Gasteiger partial charge in [-0.3, -0.25) is 0 Å². The summed E-state index contributed by atoms with van der Waals surface area (Å²) >= 11 is 0. The highest BCUT2D eigenvalue weighted by Gasteiger charge is 2.28. The van der Waals surface area contributed by atoms with Crippen LogP contribution in [0.1, 0.15) is 6.92 Å². The summed E-state index contributed by atoms with van der Waals surface area (Å²) in [6, 6.07) is 46.1. The fourth-order valence-corrected chi connectivity index (χ4v) is 5.36. The number of benzene rings is 5. The number of anilines is 5. The minimum Gasteiger partial charge on any atom is -0.338 e. The van der Waals surface area contributed by atoms with Gasteiger partial charge in [-0.25, -0.2) is 9.67 Å². The minimum atomic E-state index is 0.695. The summed E-state index contributed by atoms with van der Waals surface area (Å²) in [6.45, 7) is 3.10. The fraction of sp³-hybridized carbons (Fsp3) is 0.0588. The van der Waals surface area contributed by atoms with Crippen molar-refractivity contribution in [3.05, 3.63) is 133 Å². The lowest BCUT2D eigenvalue weighted by molar-refractivity contribution is 0.890. The fourth-order valence-electron chi connectivity index (χ4n) is 5.36. The van der Waals surface area contributed by atoms with Crippen molar-refractivity contribution in [2.75, 3.05) is 16.3 Å². The molecule has 1 aromatic heterocycles. The molecule has 6 aromatic rings. The molecule has 188 valence electrons. The Kier molecular flexibility index (Phi) is 5.67. The summed E-state index contributed by atoms with van der Waals surface area (Å²) in [6.07, 6.45) is 0. The number of fused-ring (bicyclic) bond motifs is 2. The molecule has 0 unspecified atom stereocenters. The Morgan fingerprint density at radius 1 is 0.513 bits per heavy atom. The molecule has 0 saturated carbocycles. The molecular formula is C34H27N5. The second-order valence-corrected chi connectivity index (χ2v) is 9.48. The number of hydrogen-bond acceptors (Lipinski definition) is 4. The molecule has 0 radical (unpaired) electrons. The normalized spacial score (nSPS) is 12.2. The monoisotopic (exact) mass is 505 g/mol. The lowest BCUT2D eigenvalue weighted by atomic mass is 10.1. The zero-order chi connectivity index (χ0) is 26.2. The number of nitrogens with zero attached hydrogens (tertiary/aromatic N) is 5. The van der Waals surface area contributed by atoms with Crippen LogP contribution in [0.4, 0.5) is 28.4 Å². The average Bonchev–Trinajstić information content (AvgIpc) is 3.46. The van der Waals surface area contributed by atoms with E-state index in [1.807, 2.05) is 41.1 Å². The molecule has 5 heteroatoms. The van der Waals surface area contributed by atoms with Crippen molar-refractivity contribution in [1.29, 1.82) is 0 Å². The molecule has 1 aliphatic heterocycles. The van der Waals surface area contributed by atoms with Crippen molar-refractivity contribution in [2.24, 2.45) is 0 Å². The average molecular weight is 506 g/mol. The van der Waals surface area contributed by atoms with E-state index in [9.17, 15) is 0 Å². The summed E-state index contributed by atoms with van der Waals surface area (Å²) in [7, 11) is 0. The predicted octanol–water partition coefficient (Wildman–Crippen LogP) is 8.54. The minimum absolute atomic E-state index is 0.695. The highest BCUT2D eigenvalue weighted by Crippen LogP contribution is 2.51. The van der Waals surface area contributed by atoms with Crippen LogP contribution in [0, 0.1) is 0 Å². The van der Waals surface area contributed by atoms with Crippen LogP contribution in [0.25, 0.3) is 28.5 Å². The van der Waals surface area contributed by atoms with Crippen LogP contribution in [0.2, 0.25) is 0 Å². The maximum Gasteiger partial charge on any atom is 0.182 e. The Bertz CT molecular complexity index is 1640. The van der Waals surface area contributed by atoms with Crippen LogP contribution < -0.4 is 9.80 Å². The van der Waals surface area contributed by atoms with Crippen LogP contribution in [-0.4, -0.2) is 21.3 Å². The number of hydrogen-bond donors (Lipinski definition) is 0. The van der Waals surface area contributed by atoms with Gasteiger partial charge < -0.3 is 9.80 Å². The van der Waals surface area contributed by atoms with E-state index < -0.39 is 0 Å². The number of aromatic nitrogens is 3. The molecule has 7 rings (SSSR count). The van der Waals surface area contributed by atoms with Gasteiger partial charge in [0.25, 0.3) is 0 Å². The van der Waals surface area contributed by atoms with E-state index >= 15 is 0 Å². The Morgan fingerprint density at radius 2 is 1.05 bits per heavy atom. The molecule has 0 amide bonds. The summed E-state index contributed by atoms with van der Waals surface area (Å²) in [4.78, 5) is 9.71. The zero-order valence-corrected chi connectivity index (χ0v) is 21.6. The molecule has 0 aliphatic carbocycles. The van der Waals surface area contributed by atoms with Crippen LogP contribution in [-0.2, 0) is 0 Å². The first-order valence-electron chi connectivity index (χ1n) is 13.3. The summed E-state index contributed by atoms with van der Waals surface area (Å²) in [5.74, 6) is 1.51. The van der Waals surface area contributed by atoms with Gasteiger partial charge >= 0.3 is 0 Å². The van der Waals surface area contributed by atoms with Gasteiger partial charge in [-0.2, -0.15) is 0 Å². The Morgan fingerprint density at radius 3 is 1.64 bits per heavy atom. The molecule has 39 heavy (non-hydrogen) atoms. The van der Waals surface area contributed by atoms with E-state index in [1.54, 1.807) is 0 Å². The van der Waals surface area contributed by atoms with Crippen molar-refractivity contribution >= 4 is 28.4 Å². The van der Waals surface area contributed by atoms with Crippen molar-refractivity contribution in [3.63, 3.8) is 0 Å². The van der Waals surface area contributed by atoms with E-state index in [0.29, 0.717) is 5.82 Å². The van der Waals surface area contributed by atoms with Gasteiger partial charge in [0.05, 0.1) is 28.4 Å². The predicted molar refractivity (Wildman–Crippen MR) is 160 cm³/mol. The van der Waals surface area contributed by atoms with Crippen LogP contribution in [0.3, 0.4) is 0 Å². The summed E-state index contributed by atoms with van der Waals surface area (Å²) in [5, 5.41) is 4.95. The van der Waals surface area contributed by atoms with Crippen molar-refractivity contribution in [1.82, 2.24) is 14.8 Å². The quantitative estimate of drug-likeness (QED) is 0.235. The van der Waals surface area contributed by atoms with Crippen LogP contribution in [0.15, 0.2) is 133 Å². The molecule has 1 aliphatic rings. The van der Waals surface area contributed by atoms with Gasteiger partial charge in [0.15, 0.2) is 11.6 Å². The van der Waals surface area contributed by atoms with Gasteiger partial charge in [0.2, 0.25) is 0 Å². The van der Waals surface area contributed by atoms with Crippen LogP contribution in [0.5, 0.6) is 0 Å². The third-order valence-corrected chi connectivity index (χ3v) is 7.17. The topological polar surface area (TPSA) is 37.2 Å². The molecule has 2 heterocycles. The third-order valence-electron chi connectivity index (χ3n) is 7.17. The molecule has 0 atom stereocenters. The Labute approximate surface area is 228 Å². The smallest absolute Gasteiger partial charge is 0.182 e. The highest BCUT2D eigenvalue weighted by molar-refractivity contribution is 5.97. The maximum atomic E-state index is 4.99. The van der Waals surface area contributed by atoms with Gasteiger partial charge in [-0.1, -0.05) is 72.8 Å². The summed E-state index contributed by atoms with van der Waals surface area (Å²) < 4.78 is 1.93. The maximum absolute atomic E-state index is 4.99. The van der Waals surface area contributed by atoms with Gasteiger partial charge in [0.1, 0.15) is 0 Å². The molecule has 0 bridgehead atoms. The van der Waals surface area contributed by atoms with Crippen molar-refractivity contribution < 1.29 is 0 Å². The lowest BCUT2D eigenvalue weighted by Gasteiger charge is -2.39. The molecule has 0 fully saturated rings. The Balaban J connectivity index is 1.31. The van der Waals surface area contributed by atoms with Gasteiger partial charge in [0, 0.05) is 23.4 Å². The lowest BCUT2D eigenvalue weighted by Crippen LogP contribution is -2.26. The molecule has 0 saturated heterocycles. The van der Waals surface area contributed by atoms with Gasteiger partial charge in [-0.05, 0) is 67.6 Å². The first-order chi connectivity index (χ1) is 19.3. The SMILES string of the molecule is CCN1c2ccccc2N(c2ccc(-c3nc(-c4ccccc4)n(-c4ccccc4)n3)cc2)c2ccccc21. The standard InChI is InChI=1S/C34H27N5/c1-2-37-29-17-9-11-19-31(29)38(32-20-12-10-18-30(32)37)27-23-21-25(22-24-27)33-35-34(26-13-5-3-6-14-26)39(36-33)28-15-7-4-8-16-28/h3-24H,2H2,1H3. The first kappa shape index (κ1) is 23.0. The first-order valence-corrected chi connectivity index (χ1v) is 13.3. The van der Waals surface area contributed by atoms with E-state index in [1.165, 1.54) is 22.7 Å². The highest BCUT2D eigenvalue weighted by atomic mass is 15.4. The van der Waals surface area contributed by atoms with Gasteiger partial charge in [-0.15, -0.1) is 5.10 Å². The second kappa shape index (κ2) is 9.62. The van der Waals surface area contributed by atoms with Crippen molar-refractivity contribution in [3.8, 4) is 28.5 Å². The molecule has 5 aromatic carbocycles. The van der Waals surface area contributed by atoms with Crippen molar-refractivity contribution in [2.45, 2.75) is 6.92 Å². The van der Waals surface area contributed by atoms with Crippen LogP contribution >= 0.6 is 0 Å². The van der Waals surface area contributed by atoms with E-state index in [2.05, 4.69) is 114 Å². The Hall–Kier alpha value is -5.16. The van der Waals surface area contributed by atoms with E-state index in [4.69, 9.17) is 10.1 Å². The number of rotatable bonds is 5. The van der Waals surface area contributed by atoms with E-state index in [-0.39, 0.29) is 0 Å². The molecule has 0 N–H and O–H groups in total. The second-order valence-electron chi connectivity index (χ2n) is 9.48. The molecular weight excluding hydrogens is 478 g/mol. The largest absolute Gasteiger partial charge is 0.338 e. The molecule has 0 spiro atoms.